The number of aryl methyl sites for hydroxylation is 1. The van der Waals surface area contributed by atoms with Crippen LogP contribution in [0.1, 0.15) is 0 Å². The van der Waals surface area contributed by atoms with E-state index in [-0.39, 0.29) is 5.69 Å². The summed E-state index contributed by atoms with van der Waals surface area (Å²) in [6.07, 6.45) is 0. The number of benzene rings is 1. The molecule has 0 fully saturated rings. The monoisotopic (exact) mass is 298 g/mol. The van der Waals surface area contributed by atoms with Gasteiger partial charge in [0.05, 0.1) is 4.92 Å². The van der Waals surface area contributed by atoms with E-state index in [0.717, 1.165) is 4.47 Å². The predicted molar refractivity (Wildman–Crippen MR) is 62.9 cm³/mol. The van der Waals surface area contributed by atoms with Gasteiger partial charge in [-0.25, -0.2) is 4.68 Å². The number of nitro groups is 1. The largest absolute Gasteiger partial charge is 0.317 e. The lowest BCUT2D eigenvalue weighted by atomic mass is 10.3. The fourth-order valence-electron chi connectivity index (χ4n) is 1.22. The Morgan fingerprint density at radius 2 is 2.29 bits per heavy atom. The molecule has 1 aromatic heterocycles. The van der Waals surface area contributed by atoms with Crippen LogP contribution in [0.3, 0.4) is 0 Å². The minimum Gasteiger partial charge on any atom is -0.317 e. The van der Waals surface area contributed by atoms with Crippen molar-refractivity contribution in [1.29, 1.82) is 0 Å². The first-order valence-electron chi connectivity index (χ1n) is 4.51. The van der Waals surface area contributed by atoms with Crippen LogP contribution in [0, 0.1) is 10.1 Å². The molecule has 0 spiro atoms. The van der Waals surface area contributed by atoms with Gasteiger partial charge in [-0.05, 0) is 22.6 Å². The summed E-state index contributed by atoms with van der Waals surface area (Å²) in [4.78, 5) is 10.4. The van der Waals surface area contributed by atoms with Crippen LogP contribution in [0.2, 0.25) is 0 Å². The van der Waals surface area contributed by atoms with Crippen molar-refractivity contribution in [1.82, 2.24) is 20.2 Å². The quantitative estimate of drug-likeness (QED) is 0.683. The van der Waals surface area contributed by atoms with E-state index in [4.69, 9.17) is 0 Å². The molecule has 1 heterocycles. The highest BCUT2D eigenvalue weighted by molar-refractivity contribution is 9.10. The smallest absolute Gasteiger partial charge is 0.292 e. The SMILES string of the molecule is Cn1nnnc1Nc1cc(Br)ccc1[N+](=O)[O-]. The van der Waals surface area contributed by atoms with E-state index >= 15 is 0 Å². The van der Waals surface area contributed by atoms with Crippen LogP contribution in [0.15, 0.2) is 22.7 Å². The molecule has 2 rings (SSSR count). The van der Waals surface area contributed by atoms with E-state index in [2.05, 4.69) is 36.8 Å². The topological polar surface area (TPSA) is 98.8 Å². The molecule has 1 N–H and O–H groups in total. The molecule has 0 aliphatic heterocycles. The Morgan fingerprint density at radius 3 is 2.88 bits per heavy atom. The molecule has 0 atom stereocenters. The Morgan fingerprint density at radius 1 is 1.53 bits per heavy atom. The average molecular weight is 299 g/mol. The molecule has 8 nitrogen and oxygen atoms in total. The summed E-state index contributed by atoms with van der Waals surface area (Å²) >= 11 is 3.25. The predicted octanol–water partition coefficient (Wildman–Crippen LogP) is 1.62. The summed E-state index contributed by atoms with van der Waals surface area (Å²) in [5.74, 6) is 0.325. The van der Waals surface area contributed by atoms with Gasteiger partial charge in [-0.2, -0.15) is 0 Å². The van der Waals surface area contributed by atoms with Gasteiger partial charge in [0, 0.05) is 17.6 Å². The van der Waals surface area contributed by atoms with Gasteiger partial charge in [0.1, 0.15) is 5.69 Å². The number of anilines is 2. The Hall–Kier alpha value is -2.03. The van der Waals surface area contributed by atoms with Gasteiger partial charge in [-0.15, -0.1) is 0 Å². The van der Waals surface area contributed by atoms with Gasteiger partial charge in [0.15, 0.2) is 0 Å². The summed E-state index contributed by atoms with van der Waals surface area (Å²) in [5.41, 5.74) is 0.276. The Bertz CT molecular complexity index is 569. The van der Waals surface area contributed by atoms with E-state index in [1.165, 1.54) is 10.7 Å². The second kappa shape index (κ2) is 4.45. The molecule has 0 saturated heterocycles. The number of hydrogen-bond acceptors (Lipinski definition) is 6. The third-order valence-corrected chi connectivity index (χ3v) is 2.52. The summed E-state index contributed by atoms with van der Waals surface area (Å²) in [5, 5.41) is 24.4. The van der Waals surface area contributed by atoms with Crippen molar-refractivity contribution in [2.24, 2.45) is 7.05 Å². The van der Waals surface area contributed by atoms with Gasteiger partial charge in [0.25, 0.3) is 5.69 Å². The number of rotatable bonds is 3. The highest BCUT2D eigenvalue weighted by Gasteiger charge is 2.15. The zero-order valence-corrected chi connectivity index (χ0v) is 10.2. The molecular weight excluding hydrogens is 292 g/mol. The second-order valence-electron chi connectivity index (χ2n) is 3.17. The fraction of sp³-hybridized carbons (Fsp3) is 0.125. The van der Waals surface area contributed by atoms with Crippen molar-refractivity contribution in [2.45, 2.75) is 0 Å². The summed E-state index contributed by atoms with van der Waals surface area (Å²) in [7, 11) is 1.63. The summed E-state index contributed by atoms with van der Waals surface area (Å²) in [6, 6.07) is 4.58. The van der Waals surface area contributed by atoms with E-state index in [1.54, 1.807) is 19.2 Å². The van der Waals surface area contributed by atoms with Gasteiger partial charge >= 0.3 is 0 Å². The number of nitrogens with zero attached hydrogens (tertiary/aromatic N) is 5. The maximum atomic E-state index is 10.8. The second-order valence-corrected chi connectivity index (χ2v) is 4.09. The van der Waals surface area contributed by atoms with Gasteiger partial charge in [-0.3, -0.25) is 10.1 Å². The van der Waals surface area contributed by atoms with E-state index in [1.807, 2.05) is 0 Å². The molecule has 0 bridgehead atoms. The first-order chi connectivity index (χ1) is 8.08. The van der Waals surface area contributed by atoms with E-state index < -0.39 is 4.92 Å². The number of hydrogen-bond donors (Lipinski definition) is 1. The Kier molecular flexibility index (Phi) is 3.00. The van der Waals surface area contributed by atoms with Crippen LogP contribution in [0.5, 0.6) is 0 Å². The molecule has 0 aliphatic rings. The fourth-order valence-corrected chi connectivity index (χ4v) is 1.58. The van der Waals surface area contributed by atoms with Crippen LogP contribution >= 0.6 is 15.9 Å². The third kappa shape index (κ3) is 2.38. The maximum absolute atomic E-state index is 10.8. The van der Waals surface area contributed by atoms with Crippen molar-refractivity contribution in [2.75, 3.05) is 5.32 Å². The highest BCUT2D eigenvalue weighted by Crippen LogP contribution is 2.29. The number of nitrogens with one attached hydrogen (secondary N) is 1. The van der Waals surface area contributed by atoms with Crippen LogP contribution in [0.25, 0.3) is 0 Å². The van der Waals surface area contributed by atoms with Crippen molar-refractivity contribution < 1.29 is 4.92 Å². The van der Waals surface area contributed by atoms with E-state index in [9.17, 15) is 10.1 Å². The van der Waals surface area contributed by atoms with Crippen molar-refractivity contribution in [3.05, 3.63) is 32.8 Å². The zero-order valence-electron chi connectivity index (χ0n) is 8.66. The Balaban J connectivity index is 2.41. The van der Waals surface area contributed by atoms with Crippen LogP contribution in [-0.4, -0.2) is 25.1 Å². The van der Waals surface area contributed by atoms with Gasteiger partial charge < -0.3 is 5.32 Å². The molecule has 0 unspecified atom stereocenters. The zero-order chi connectivity index (χ0) is 12.4. The average Bonchev–Trinajstić information content (AvgIpc) is 2.64. The lowest BCUT2D eigenvalue weighted by Gasteiger charge is -2.05. The van der Waals surface area contributed by atoms with Gasteiger partial charge in [0.2, 0.25) is 5.95 Å². The first-order valence-corrected chi connectivity index (χ1v) is 5.30. The standard InChI is InChI=1S/C8H7BrN6O2/c1-14-8(11-12-13-14)10-6-4-5(9)2-3-7(6)15(16)17/h2-4H,1H3,(H,10,11,13). The number of tetrazole rings is 1. The third-order valence-electron chi connectivity index (χ3n) is 2.02. The summed E-state index contributed by atoms with van der Waals surface area (Å²) in [6.45, 7) is 0. The molecule has 88 valence electrons. The van der Waals surface area contributed by atoms with Crippen LogP contribution in [0.4, 0.5) is 17.3 Å². The van der Waals surface area contributed by atoms with Crippen molar-refractivity contribution >= 4 is 33.3 Å². The first kappa shape index (κ1) is 11.5. The molecule has 0 saturated carbocycles. The number of halogens is 1. The molecule has 2 aromatic rings. The summed E-state index contributed by atoms with van der Waals surface area (Å²) < 4.78 is 2.10. The molecule has 9 heteroatoms. The van der Waals surface area contributed by atoms with Crippen LogP contribution in [-0.2, 0) is 7.05 Å². The lowest BCUT2D eigenvalue weighted by Crippen LogP contribution is -2.02. The van der Waals surface area contributed by atoms with Crippen molar-refractivity contribution in [3.63, 3.8) is 0 Å². The lowest BCUT2D eigenvalue weighted by molar-refractivity contribution is -0.383. The molecule has 0 radical (unpaired) electrons. The van der Waals surface area contributed by atoms with Gasteiger partial charge in [-0.1, -0.05) is 21.0 Å². The Labute approximate surface area is 104 Å². The molecule has 0 aliphatic carbocycles. The minimum atomic E-state index is -0.474. The molecule has 1 aromatic carbocycles. The number of nitro benzene ring substituents is 1. The molecular formula is C8H7BrN6O2. The normalized spacial score (nSPS) is 10.2. The molecule has 17 heavy (non-hydrogen) atoms. The minimum absolute atomic E-state index is 0.0452. The van der Waals surface area contributed by atoms with E-state index in [0.29, 0.717) is 11.6 Å². The number of aromatic nitrogens is 4. The molecule has 0 amide bonds. The maximum Gasteiger partial charge on any atom is 0.292 e. The van der Waals surface area contributed by atoms with Crippen molar-refractivity contribution in [3.8, 4) is 0 Å². The highest BCUT2D eigenvalue weighted by atomic mass is 79.9. The van der Waals surface area contributed by atoms with Crippen LogP contribution < -0.4 is 5.32 Å².